The molecule has 4 saturated heterocycles. The van der Waals surface area contributed by atoms with Crippen LogP contribution in [-0.2, 0) is 16.4 Å². The number of nitriles is 1. The van der Waals surface area contributed by atoms with Crippen molar-refractivity contribution in [2.75, 3.05) is 42.2 Å². The van der Waals surface area contributed by atoms with Crippen LogP contribution in [0.3, 0.4) is 0 Å². The van der Waals surface area contributed by atoms with Gasteiger partial charge in [0.2, 0.25) is 0 Å². The summed E-state index contributed by atoms with van der Waals surface area (Å²) < 4.78 is 52.2. The van der Waals surface area contributed by atoms with Crippen molar-refractivity contribution >= 4 is 26.9 Å². The van der Waals surface area contributed by atoms with E-state index in [4.69, 9.17) is 4.98 Å². The fraction of sp³-hybridized carbons (Fsp3) is 0.345. The first-order valence-electron chi connectivity index (χ1n) is 13.4. The van der Waals surface area contributed by atoms with Crippen LogP contribution >= 0.6 is 0 Å². The molecule has 2 atom stereocenters. The quantitative estimate of drug-likeness (QED) is 0.344. The summed E-state index contributed by atoms with van der Waals surface area (Å²) in [6, 6.07) is 15.8. The van der Waals surface area contributed by atoms with Gasteiger partial charge in [-0.15, -0.1) is 0 Å². The van der Waals surface area contributed by atoms with Gasteiger partial charge in [0.05, 0.1) is 47.1 Å². The number of sulfone groups is 1. The Hall–Kier alpha value is -4.08. The molecule has 0 amide bonds. The maximum Gasteiger partial charge on any atom is 0.282 e. The largest absolute Gasteiger partial charge is 0.358 e. The van der Waals surface area contributed by atoms with Crippen molar-refractivity contribution in [2.45, 2.75) is 35.9 Å². The Labute approximate surface area is 236 Å². The third-order valence-corrected chi connectivity index (χ3v) is 9.50. The Balaban J connectivity index is 1.08. The number of alkyl halides is 2. The molecule has 4 aliphatic heterocycles. The number of aromatic nitrogens is 3. The summed E-state index contributed by atoms with van der Waals surface area (Å²) >= 11 is 0. The SMILES string of the molecule is CS(=O)(=O)c1ccc(CN2C3CC2CN(c2ccc(-c4cc(N5CC(F)(F)C5)cn5ncc(C#N)c45)cn2)C3)cc1. The molecule has 9 nitrogen and oxygen atoms in total. The molecule has 4 aliphatic rings. The number of piperazine rings is 1. The molecule has 0 N–H and O–H groups in total. The maximum absolute atomic E-state index is 13.6. The molecule has 1 aromatic carbocycles. The van der Waals surface area contributed by atoms with Gasteiger partial charge in [0.1, 0.15) is 11.9 Å². The second-order valence-corrected chi connectivity index (χ2v) is 13.2. The first-order chi connectivity index (χ1) is 19.6. The van der Waals surface area contributed by atoms with Crippen LogP contribution in [0.25, 0.3) is 16.6 Å². The number of hydrogen-bond acceptors (Lipinski definition) is 8. The molecule has 7 heterocycles. The highest BCUT2D eigenvalue weighted by molar-refractivity contribution is 7.90. The zero-order valence-corrected chi connectivity index (χ0v) is 23.1. The molecule has 8 rings (SSSR count). The monoisotopic (exact) mass is 575 g/mol. The van der Waals surface area contributed by atoms with Crippen molar-refractivity contribution in [1.29, 1.82) is 5.26 Å². The van der Waals surface area contributed by atoms with E-state index in [9.17, 15) is 22.5 Å². The number of hydrogen-bond donors (Lipinski definition) is 0. The van der Waals surface area contributed by atoms with Gasteiger partial charge in [0.15, 0.2) is 9.84 Å². The van der Waals surface area contributed by atoms with Gasteiger partial charge < -0.3 is 9.80 Å². The van der Waals surface area contributed by atoms with Gasteiger partial charge >= 0.3 is 0 Å². The predicted octanol–water partition coefficient (Wildman–Crippen LogP) is 3.59. The van der Waals surface area contributed by atoms with E-state index in [2.05, 4.69) is 21.0 Å². The topological polar surface area (TPSA) is 97.8 Å². The zero-order chi connectivity index (χ0) is 28.5. The normalized spacial score (nSPS) is 21.8. The van der Waals surface area contributed by atoms with Gasteiger partial charge in [0, 0.05) is 55.3 Å². The summed E-state index contributed by atoms with van der Waals surface area (Å²) in [5.74, 6) is -1.84. The van der Waals surface area contributed by atoms with Crippen LogP contribution in [0.5, 0.6) is 0 Å². The van der Waals surface area contributed by atoms with E-state index in [1.54, 1.807) is 33.9 Å². The molecule has 0 spiro atoms. The number of fused-ring (bicyclic) bond motifs is 3. The highest BCUT2D eigenvalue weighted by Crippen LogP contribution is 2.38. The number of pyridine rings is 2. The minimum atomic E-state index is -3.21. The van der Waals surface area contributed by atoms with Crippen molar-refractivity contribution in [3.8, 4) is 17.2 Å². The standard InChI is InChI=1S/C29H27F2N7O2S/c1-41(39,40)25-5-2-19(3-6-25)13-37-23-8-24(37)15-35(14-23)27-7-4-20(11-33-27)26-9-22(36-17-29(30,31)18-36)16-38-28(26)21(10-32)12-34-38/h2-7,9,11-12,16,23-24H,8,13-15,17-18H2,1H3. The number of halogens is 2. The van der Waals surface area contributed by atoms with Crippen molar-refractivity contribution in [2.24, 2.45) is 0 Å². The molecule has 0 aliphatic carbocycles. The molecule has 3 aromatic heterocycles. The first kappa shape index (κ1) is 25.9. The number of rotatable bonds is 6. The van der Waals surface area contributed by atoms with Crippen LogP contribution in [0.1, 0.15) is 17.5 Å². The number of anilines is 2. The van der Waals surface area contributed by atoms with Crippen LogP contribution in [0.2, 0.25) is 0 Å². The van der Waals surface area contributed by atoms with Gasteiger partial charge in [-0.05, 0) is 42.3 Å². The van der Waals surface area contributed by atoms with Gasteiger partial charge in [-0.2, -0.15) is 10.4 Å². The number of nitrogens with zero attached hydrogens (tertiary/aromatic N) is 7. The van der Waals surface area contributed by atoms with Crippen LogP contribution < -0.4 is 9.80 Å². The summed E-state index contributed by atoms with van der Waals surface area (Å²) in [5, 5.41) is 13.9. The lowest BCUT2D eigenvalue weighted by Crippen LogP contribution is -2.68. The van der Waals surface area contributed by atoms with Crippen LogP contribution in [0.15, 0.2) is 66.0 Å². The lowest BCUT2D eigenvalue weighted by atomic mass is 9.86. The molecular weight excluding hydrogens is 548 g/mol. The van der Waals surface area contributed by atoms with Crippen molar-refractivity contribution in [3.63, 3.8) is 0 Å². The Morgan fingerprint density at radius 1 is 1.05 bits per heavy atom. The average Bonchev–Trinajstić information content (AvgIpc) is 3.37. The summed E-state index contributed by atoms with van der Waals surface area (Å²) in [6.07, 6.45) is 7.28. The van der Waals surface area contributed by atoms with E-state index in [1.165, 1.54) is 12.5 Å². The predicted molar refractivity (Wildman–Crippen MR) is 150 cm³/mol. The molecule has 0 radical (unpaired) electrons. The Bertz CT molecular complexity index is 1780. The fourth-order valence-electron chi connectivity index (χ4n) is 6.19. The summed E-state index contributed by atoms with van der Waals surface area (Å²) in [6.45, 7) is 1.77. The third kappa shape index (κ3) is 4.59. The lowest BCUT2D eigenvalue weighted by molar-refractivity contribution is -0.0263. The van der Waals surface area contributed by atoms with E-state index in [1.807, 2.05) is 30.3 Å². The van der Waals surface area contributed by atoms with Crippen LogP contribution in [0.4, 0.5) is 20.3 Å². The average molecular weight is 576 g/mol. The zero-order valence-electron chi connectivity index (χ0n) is 22.3. The van der Waals surface area contributed by atoms with Crippen molar-refractivity contribution in [3.05, 3.63) is 72.2 Å². The molecular formula is C29H27F2N7O2S. The molecule has 0 saturated carbocycles. The molecule has 4 aromatic rings. The Morgan fingerprint density at radius 3 is 2.39 bits per heavy atom. The van der Waals surface area contributed by atoms with E-state index in [-0.39, 0.29) is 13.1 Å². The van der Waals surface area contributed by atoms with Gasteiger partial charge in [-0.3, -0.25) is 4.90 Å². The minimum absolute atomic E-state index is 0.331. The van der Waals surface area contributed by atoms with E-state index in [0.29, 0.717) is 33.7 Å². The molecule has 4 fully saturated rings. The summed E-state index contributed by atoms with van der Waals surface area (Å²) in [7, 11) is -3.21. The van der Waals surface area contributed by atoms with E-state index >= 15 is 0 Å². The van der Waals surface area contributed by atoms with Gasteiger partial charge in [-0.25, -0.2) is 26.7 Å². The molecule has 41 heavy (non-hydrogen) atoms. The molecule has 2 bridgehead atoms. The van der Waals surface area contributed by atoms with Crippen molar-refractivity contribution < 1.29 is 17.2 Å². The van der Waals surface area contributed by atoms with E-state index in [0.717, 1.165) is 48.6 Å². The molecule has 210 valence electrons. The molecule has 2 unspecified atom stereocenters. The third-order valence-electron chi connectivity index (χ3n) is 8.37. The van der Waals surface area contributed by atoms with Crippen LogP contribution in [-0.4, -0.2) is 78.4 Å². The summed E-state index contributed by atoms with van der Waals surface area (Å²) in [5.41, 5.74) is 4.25. The lowest BCUT2D eigenvalue weighted by Gasteiger charge is -2.56. The first-order valence-corrected chi connectivity index (χ1v) is 15.3. The number of piperidine rings is 1. The van der Waals surface area contributed by atoms with Gasteiger partial charge in [0.25, 0.3) is 5.92 Å². The molecule has 12 heteroatoms. The number of benzene rings is 1. The van der Waals surface area contributed by atoms with Gasteiger partial charge in [-0.1, -0.05) is 12.1 Å². The highest BCUT2D eigenvalue weighted by atomic mass is 32.2. The second-order valence-electron chi connectivity index (χ2n) is 11.2. The Morgan fingerprint density at radius 2 is 1.78 bits per heavy atom. The maximum atomic E-state index is 13.6. The second kappa shape index (κ2) is 9.22. The minimum Gasteiger partial charge on any atom is -0.358 e. The summed E-state index contributed by atoms with van der Waals surface area (Å²) in [4.78, 5) is 11.4. The van der Waals surface area contributed by atoms with E-state index < -0.39 is 15.8 Å². The van der Waals surface area contributed by atoms with Crippen molar-refractivity contribution in [1.82, 2.24) is 19.5 Å². The van der Waals surface area contributed by atoms with Crippen LogP contribution in [0, 0.1) is 11.3 Å². The smallest absolute Gasteiger partial charge is 0.282 e. The highest BCUT2D eigenvalue weighted by Gasteiger charge is 2.45. The fourth-order valence-corrected chi connectivity index (χ4v) is 6.83. The Kier molecular flexibility index (Phi) is 5.82.